The molecule has 0 spiro atoms. The van der Waals surface area contributed by atoms with Crippen molar-refractivity contribution in [3.8, 4) is 5.75 Å². The van der Waals surface area contributed by atoms with Crippen LogP contribution in [0.5, 0.6) is 5.75 Å². The van der Waals surface area contributed by atoms with Gasteiger partial charge in [-0.2, -0.15) is 0 Å². The molecule has 0 bridgehead atoms. The summed E-state index contributed by atoms with van der Waals surface area (Å²) < 4.78 is 7.89. The molecule has 2 aromatic carbocycles. The van der Waals surface area contributed by atoms with E-state index in [2.05, 4.69) is 30.3 Å². The Morgan fingerprint density at radius 3 is 2.46 bits per heavy atom. The number of fused-ring (bicyclic) bond motifs is 1. The summed E-state index contributed by atoms with van der Waals surface area (Å²) in [7, 11) is 0. The Bertz CT molecular complexity index is 1570. The Hall–Kier alpha value is -4.91. The molecule has 0 radical (unpaired) electrons. The fourth-order valence-electron chi connectivity index (χ4n) is 5.20. The number of carbonyl (C=O) groups is 1. The molecule has 7 nitrogen and oxygen atoms in total. The van der Waals surface area contributed by atoms with Crippen LogP contribution in [-0.4, -0.2) is 33.7 Å². The van der Waals surface area contributed by atoms with Crippen LogP contribution in [0.3, 0.4) is 0 Å². The molecule has 4 aromatic rings. The Labute approximate surface area is 240 Å². The van der Waals surface area contributed by atoms with E-state index in [1.165, 1.54) is 6.07 Å². The van der Waals surface area contributed by atoms with Gasteiger partial charge in [0, 0.05) is 25.0 Å². The summed E-state index contributed by atoms with van der Waals surface area (Å²) in [5, 5.41) is 2.09. The van der Waals surface area contributed by atoms with E-state index in [0.29, 0.717) is 19.6 Å². The predicted molar refractivity (Wildman–Crippen MR) is 161 cm³/mol. The van der Waals surface area contributed by atoms with Crippen LogP contribution >= 0.6 is 0 Å². The molecule has 0 saturated heterocycles. The molecule has 0 N–H and O–H groups in total. The van der Waals surface area contributed by atoms with E-state index in [9.17, 15) is 9.59 Å². The number of rotatable bonds is 12. The van der Waals surface area contributed by atoms with Crippen LogP contribution in [0.1, 0.15) is 51.8 Å². The van der Waals surface area contributed by atoms with Gasteiger partial charge in [0.1, 0.15) is 19.3 Å². The minimum atomic E-state index is -0.356. The average molecular weight is 547 g/mol. The first kappa shape index (κ1) is 27.6. The average Bonchev–Trinajstić information content (AvgIpc) is 3.00. The zero-order valence-electron chi connectivity index (χ0n) is 23.1. The van der Waals surface area contributed by atoms with Gasteiger partial charge >= 0.3 is 0 Å². The van der Waals surface area contributed by atoms with Crippen molar-refractivity contribution in [2.45, 2.75) is 31.9 Å². The topological polar surface area (TPSA) is 67.7 Å². The number of hydrogen-bond acceptors (Lipinski definition) is 5. The van der Waals surface area contributed by atoms with E-state index >= 15 is 0 Å². The largest absolute Gasteiger partial charge is 0.482 e. The van der Waals surface area contributed by atoms with Gasteiger partial charge in [0.05, 0.1) is 5.69 Å². The Balaban J connectivity index is 1.67. The van der Waals surface area contributed by atoms with Crippen molar-refractivity contribution < 1.29 is 9.53 Å². The van der Waals surface area contributed by atoms with E-state index in [1.54, 1.807) is 22.0 Å². The molecule has 1 aliphatic rings. The second kappa shape index (κ2) is 13.0. The zero-order chi connectivity index (χ0) is 28.6. The SMILES string of the molecule is C=CCCCN1CN(C(c2ccccn2)c2ccccc2CC=C)n2ccc(=O)c(OCc3ccccc3)c2C1=O. The minimum absolute atomic E-state index is 0.0407. The lowest BCUT2D eigenvalue weighted by Gasteiger charge is -2.44. The fraction of sp³-hybridized carbons (Fsp3) is 0.206. The maximum absolute atomic E-state index is 14.0. The number of pyridine rings is 2. The number of aromatic nitrogens is 2. The first-order valence-electron chi connectivity index (χ1n) is 13.8. The van der Waals surface area contributed by atoms with Crippen LogP contribution in [0.2, 0.25) is 0 Å². The number of nitrogens with zero attached hydrogens (tertiary/aromatic N) is 4. The summed E-state index contributed by atoms with van der Waals surface area (Å²) >= 11 is 0. The van der Waals surface area contributed by atoms with Gasteiger partial charge < -0.3 is 9.64 Å². The molecule has 1 unspecified atom stereocenters. The number of hydrogen-bond donors (Lipinski definition) is 0. The van der Waals surface area contributed by atoms with Crippen LogP contribution < -0.4 is 15.2 Å². The van der Waals surface area contributed by atoms with E-state index in [1.807, 2.05) is 72.8 Å². The van der Waals surface area contributed by atoms with E-state index in [-0.39, 0.29) is 35.4 Å². The molecule has 1 aliphatic heterocycles. The van der Waals surface area contributed by atoms with E-state index < -0.39 is 0 Å². The minimum Gasteiger partial charge on any atom is -0.482 e. The van der Waals surface area contributed by atoms with E-state index in [0.717, 1.165) is 35.2 Å². The van der Waals surface area contributed by atoms with Crippen LogP contribution in [-0.2, 0) is 13.0 Å². The molecule has 41 heavy (non-hydrogen) atoms. The third-order valence-corrected chi connectivity index (χ3v) is 7.16. The van der Waals surface area contributed by atoms with Gasteiger partial charge in [0.15, 0.2) is 11.4 Å². The van der Waals surface area contributed by atoms with Crippen LogP contribution in [0.15, 0.2) is 121 Å². The summed E-state index contributed by atoms with van der Waals surface area (Å²) in [5.74, 6) is -0.204. The summed E-state index contributed by atoms with van der Waals surface area (Å²) in [6, 6.07) is 24.7. The number of allylic oxidation sites excluding steroid dienone is 2. The van der Waals surface area contributed by atoms with Gasteiger partial charge in [-0.05, 0) is 48.1 Å². The van der Waals surface area contributed by atoms with Crippen molar-refractivity contribution in [2.24, 2.45) is 0 Å². The van der Waals surface area contributed by atoms with Crippen molar-refractivity contribution in [2.75, 3.05) is 18.2 Å². The van der Waals surface area contributed by atoms with Crippen LogP contribution in [0.4, 0.5) is 0 Å². The first-order valence-corrected chi connectivity index (χ1v) is 13.8. The maximum Gasteiger partial charge on any atom is 0.277 e. The molecule has 2 aromatic heterocycles. The molecule has 1 amide bonds. The van der Waals surface area contributed by atoms with Crippen molar-refractivity contribution >= 4 is 5.91 Å². The number of unbranched alkanes of at least 4 members (excludes halogenated alkanes) is 1. The van der Waals surface area contributed by atoms with Gasteiger partial charge in [-0.15, -0.1) is 13.2 Å². The summed E-state index contributed by atoms with van der Waals surface area (Å²) in [6.07, 6.45) is 9.37. The third-order valence-electron chi connectivity index (χ3n) is 7.16. The normalized spacial score (nSPS) is 13.4. The highest BCUT2D eigenvalue weighted by atomic mass is 16.5. The summed E-state index contributed by atoms with van der Waals surface area (Å²) in [5.41, 5.74) is 3.75. The highest BCUT2D eigenvalue weighted by Gasteiger charge is 2.37. The van der Waals surface area contributed by atoms with Crippen LogP contribution in [0, 0.1) is 0 Å². The lowest BCUT2D eigenvalue weighted by Crippen LogP contribution is -2.56. The van der Waals surface area contributed by atoms with Gasteiger partial charge in [0.2, 0.25) is 5.43 Å². The quantitative estimate of drug-likeness (QED) is 0.170. The molecule has 7 heteroatoms. The molecule has 0 aliphatic carbocycles. The lowest BCUT2D eigenvalue weighted by atomic mass is 9.95. The molecule has 0 fully saturated rings. The van der Waals surface area contributed by atoms with Crippen molar-refractivity contribution in [3.63, 3.8) is 0 Å². The third kappa shape index (κ3) is 5.99. The standard InChI is InChI=1S/C34H34N4O3/c1-3-5-13-22-36-25-38(31(29-19-11-12-21-35-29)28-18-10-9-17-27(28)14-4-2)37-23-20-30(39)33(32(37)34(36)40)41-24-26-15-7-6-8-16-26/h3-4,6-12,15-21,23,31H,1-2,5,13-14,22,24-25H2. The smallest absolute Gasteiger partial charge is 0.277 e. The fourth-order valence-corrected chi connectivity index (χ4v) is 5.20. The second-order valence-corrected chi connectivity index (χ2v) is 9.91. The molecule has 5 rings (SSSR count). The van der Waals surface area contributed by atoms with Gasteiger partial charge in [-0.1, -0.05) is 72.8 Å². The Morgan fingerprint density at radius 2 is 1.71 bits per heavy atom. The molecular weight excluding hydrogens is 512 g/mol. The molecule has 3 heterocycles. The summed E-state index contributed by atoms with van der Waals surface area (Å²) in [4.78, 5) is 33.8. The lowest BCUT2D eigenvalue weighted by molar-refractivity contribution is 0.0674. The Morgan fingerprint density at radius 1 is 0.927 bits per heavy atom. The van der Waals surface area contributed by atoms with Gasteiger partial charge in [-0.25, -0.2) is 0 Å². The number of ether oxygens (including phenoxy) is 1. The molecule has 0 saturated carbocycles. The molecule has 208 valence electrons. The zero-order valence-corrected chi connectivity index (χ0v) is 23.1. The predicted octanol–water partition coefficient (Wildman–Crippen LogP) is 5.66. The maximum atomic E-state index is 14.0. The van der Waals surface area contributed by atoms with Crippen molar-refractivity contribution in [1.82, 2.24) is 14.6 Å². The van der Waals surface area contributed by atoms with E-state index in [4.69, 9.17) is 9.72 Å². The summed E-state index contributed by atoms with van der Waals surface area (Å²) in [6.45, 7) is 8.77. The van der Waals surface area contributed by atoms with Gasteiger partial charge in [0.25, 0.3) is 5.91 Å². The highest BCUT2D eigenvalue weighted by Crippen LogP contribution is 2.33. The molecule has 1 atom stereocenters. The Kier molecular flexibility index (Phi) is 8.74. The number of amides is 1. The number of carbonyl (C=O) groups excluding carboxylic acids is 1. The number of benzene rings is 2. The second-order valence-electron chi connectivity index (χ2n) is 9.91. The molecular formula is C34H34N4O3. The monoisotopic (exact) mass is 546 g/mol. The van der Waals surface area contributed by atoms with Crippen molar-refractivity contribution in [1.29, 1.82) is 0 Å². The van der Waals surface area contributed by atoms with Crippen LogP contribution in [0.25, 0.3) is 0 Å². The highest BCUT2D eigenvalue weighted by molar-refractivity contribution is 5.96. The first-order chi connectivity index (χ1) is 20.1. The van der Waals surface area contributed by atoms with Crippen molar-refractivity contribution in [3.05, 3.63) is 155 Å². The van der Waals surface area contributed by atoms with Gasteiger partial charge in [-0.3, -0.25) is 24.3 Å².